The molecule has 0 aliphatic carbocycles. The Balaban J connectivity index is 2.33. The molecule has 0 aliphatic heterocycles. The molecule has 0 spiro atoms. The smallest absolute Gasteiger partial charge is 0.243 e. The van der Waals surface area contributed by atoms with Crippen LogP contribution >= 0.6 is 11.6 Å². The lowest BCUT2D eigenvalue weighted by Gasteiger charge is -2.32. The molecule has 2 rings (SSSR count). The highest BCUT2D eigenvalue weighted by atomic mass is 35.5. The molecule has 0 unspecified atom stereocenters. The van der Waals surface area contributed by atoms with Crippen LogP contribution in [0.2, 0.25) is 5.02 Å². The standard InChI is InChI=1S/C24H31ClN2O2/c1-4-5-15-26-23(28)22(16-19-9-7-6-8-10-19)27(24(29)18(2)3)17-20-11-13-21(25)14-12-20/h6-14,18,22H,4-5,15-17H2,1-3H3,(H,26,28)/t22-/m0/s1. The molecule has 156 valence electrons. The summed E-state index contributed by atoms with van der Waals surface area (Å²) in [5.41, 5.74) is 1.98. The van der Waals surface area contributed by atoms with E-state index in [-0.39, 0.29) is 17.7 Å². The summed E-state index contributed by atoms with van der Waals surface area (Å²) in [5, 5.41) is 3.67. The first-order valence-electron chi connectivity index (χ1n) is 10.3. The number of amides is 2. The Morgan fingerprint density at radius 1 is 1.00 bits per heavy atom. The van der Waals surface area contributed by atoms with E-state index in [1.54, 1.807) is 4.90 Å². The second-order valence-electron chi connectivity index (χ2n) is 7.60. The van der Waals surface area contributed by atoms with Crippen LogP contribution in [-0.4, -0.2) is 29.3 Å². The van der Waals surface area contributed by atoms with E-state index in [2.05, 4.69) is 12.2 Å². The molecule has 0 saturated heterocycles. The number of unbranched alkanes of at least 4 members (excludes halogenated alkanes) is 1. The van der Waals surface area contributed by atoms with E-state index in [1.807, 2.05) is 68.4 Å². The minimum absolute atomic E-state index is 0.0356. The van der Waals surface area contributed by atoms with Gasteiger partial charge in [0.25, 0.3) is 0 Å². The largest absolute Gasteiger partial charge is 0.354 e. The van der Waals surface area contributed by atoms with Crippen LogP contribution in [0.4, 0.5) is 0 Å². The second-order valence-corrected chi connectivity index (χ2v) is 8.03. The molecule has 5 heteroatoms. The van der Waals surface area contributed by atoms with Gasteiger partial charge in [0.05, 0.1) is 0 Å². The van der Waals surface area contributed by atoms with E-state index in [4.69, 9.17) is 11.6 Å². The number of hydrogen-bond donors (Lipinski definition) is 1. The van der Waals surface area contributed by atoms with Crippen molar-refractivity contribution in [2.45, 2.75) is 52.6 Å². The van der Waals surface area contributed by atoms with Crippen molar-refractivity contribution in [3.63, 3.8) is 0 Å². The molecule has 0 aliphatic rings. The number of hydrogen-bond acceptors (Lipinski definition) is 2. The summed E-state index contributed by atoms with van der Waals surface area (Å²) in [6.45, 7) is 6.80. The van der Waals surface area contributed by atoms with Crippen molar-refractivity contribution in [3.05, 3.63) is 70.7 Å². The molecule has 0 aromatic heterocycles. The fourth-order valence-corrected chi connectivity index (χ4v) is 3.27. The third-order valence-electron chi connectivity index (χ3n) is 4.82. The first-order chi connectivity index (χ1) is 13.9. The summed E-state index contributed by atoms with van der Waals surface area (Å²) in [7, 11) is 0. The highest BCUT2D eigenvalue weighted by Crippen LogP contribution is 2.18. The van der Waals surface area contributed by atoms with Crippen molar-refractivity contribution in [2.24, 2.45) is 5.92 Å². The normalized spacial score (nSPS) is 11.9. The Bertz CT molecular complexity index is 775. The summed E-state index contributed by atoms with van der Waals surface area (Å²) in [4.78, 5) is 27.9. The highest BCUT2D eigenvalue weighted by molar-refractivity contribution is 6.30. The zero-order valence-electron chi connectivity index (χ0n) is 17.5. The predicted molar refractivity (Wildman–Crippen MR) is 119 cm³/mol. The summed E-state index contributed by atoms with van der Waals surface area (Å²) < 4.78 is 0. The molecular formula is C24H31ClN2O2. The maximum atomic E-state index is 13.1. The van der Waals surface area contributed by atoms with Gasteiger partial charge in [-0.15, -0.1) is 0 Å². The van der Waals surface area contributed by atoms with Gasteiger partial charge < -0.3 is 10.2 Å². The van der Waals surface area contributed by atoms with Crippen LogP contribution in [0.3, 0.4) is 0 Å². The van der Waals surface area contributed by atoms with Crippen LogP contribution in [-0.2, 0) is 22.6 Å². The van der Waals surface area contributed by atoms with Crippen LogP contribution < -0.4 is 5.32 Å². The van der Waals surface area contributed by atoms with Crippen molar-refractivity contribution < 1.29 is 9.59 Å². The number of rotatable bonds is 10. The Hall–Kier alpha value is -2.33. The first-order valence-corrected chi connectivity index (χ1v) is 10.7. The average molecular weight is 415 g/mol. The SMILES string of the molecule is CCCCNC(=O)[C@H](Cc1ccccc1)N(Cc1ccc(Cl)cc1)C(=O)C(C)C. The molecule has 0 radical (unpaired) electrons. The number of nitrogens with zero attached hydrogens (tertiary/aromatic N) is 1. The average Bonchev–Trinajstić information content (AvgIpc) is 2.72. The third kappa shape index (κ3) is 7.21. The minimum Gasteiger partial charge on any atom is -0.354 e. The van der Waals surface area contributed by atoms with Crippen LogP contribution in [0.5, 0.6) is 0 Å². The van der Waals surface area contributed by atoms with Gasteiger partial charge in [-0.25, -0.2) is 0 Å². The van der Waals surface area contributed by atoms with Crippen molar-refractivity contribution in [1.29, 1.82) is 0 Å². The third-order valence-corrected chi connectivity index (χ3v) is 5.08. The lowest BCUT2D eigenvalue weighted by Crippen LogP contribution is -2.51. The molecule has 0 saturated carbocycles. The topological polar surface area (TPSA) is 49.4 Å². The van der Waals surface area contributed by atoms with Crippen LogP contribution in [0, 0.1) is 5.92 Å². The predicted octanol–water partition coefficient (Wildman–Crippen LogP) is 4.85. The Kier molecular flexibility index (Phi) is 9.20. The summed E-state index contributed by atoms with van der Waals surface area (Å²) >= 11 is 6.01. The molecule has 1 N–H and O–H groups in total. The minimum atomic E-state index is -0.570. The summed E-state index contributed by atoms with van der Waals surface area (Å²) in [5.74, 6) is -0.346. The zero-order chi connectivity index (χ0) is 21.2. The lowest BCUT2D eigenvalue weighted by atomic mass is 10.0. The van der Waals surface area contributed by atoms with Gasteiger partial charge in [-0.1, -0.05) is 81.3 Å². The zero-order valence-corrected chi connectivity index (χ0v) is 18.3. The molecule has 1 atom stereocenters. The molecule has 0 fully saturated rings. The highest BCUT2D eigenvalue weighted by Gasteiger charge is 2.31. The van der Waals surface area contributed by atoms with E-state index in [1.165, 1.54) is 0 Å². The van der Waals surface area contributed by atoms with Gasteiger partial charge in [-0.05, 0) is 29.7 Å². The monoisotopic (exact) mass is 414 g/mol. The molecule has 2 amide bonds. The van der Waals surface area contributed by atoms with E-state index in [9.17, 15) is 9.59 Å². The summed E-state index contributed by atoms with van der Waals surface area (Å²) in [6.07, 6.45) is 2.40. The van der Waals surface area contributed by atoms with E-state index >= 15 is 0 Å². The van der Waals surface area contributed by atoms with Crippen molar-refractivity contribution in [2.75, 3.05) is 6.54 Å². The number of carbonyl (C=O) groups is 2. The second kappa shape index (κ2) is 11.6. The van der Waals surface area contributed by atoms with Gasteiger partial charge in [-0.2, -0.15) is 0 Å². The maximum absolute atomic E-state index is 13.1. The maximum Gasteiger partial charge on any atom is 0.243 e. The van der Waals surface area contributed by atoms with Crippen molar-refractivity contribution in [3.8, 4) is 0 Å². The van der Waals surface area contributed by atoms with Crippen molar-refractivity contribution >= 4 is 23.4 Å². The van der Waals surface area contributed by atoms with Crippen LogP contribution in [0.1, 0.15) is 44.7 Å². The van der Waals surface area contributed by atoms with Gasteiger partial charge in [0.15, 0.2) is 0 Å². The lowest BCUT2D eigenvalue weighted by molar-refractivity contribution is -0.143. The van der Waals surface area contributed by atoms with Gasteiger partial charge >= 0.3 is 0 Å². The molecule has 4 nitrogen and oxygen atoms in total. The fourth-order valence-electron chi connectivity index (χ4n) is 3.15. The van der Waals surface area contributed by atoms with E-state index in [0.717, 1.165) is 24.0 Å². The fraction of sp³-hybridized carbons (Fsp3) is 0.417. The Morgan fingerprint density at radius 2 is 1.66 bits per heavy atom. The van der Waals surface area contributed by atoms with E-state index in [0.29, 0.717) is 24.5 Å². The molecule has 0 heterocycles. The number of benzene rings is 2. The molecule has 2 aromatic carbocycles. The molecular weight excluding hydrogens is 384 g/mol. The number of carbonyl (C=O) groups excluding carboxylic acids is 2. The van der Waals surface area contributed by atoms with Crippen LogP contribution in [0.25, 0.3) is 0 Å². The number of halogens is 1. The van der Waals surface area contributed by atoms with E-state index < -0.39 is 6.04 Å². The number of nitrogens with one attached hydrogen (secondary N) is 1. The van der Waals surface area contributed by atoms with Gasteiger partial charge in [0.1, 0.15) is 6.04 Å². The summed E-state index contributed by atoms with van der Waals surface area (Å²) in [6, 6.07) is 16.7. The van der Waals surface area contributed by atoms with Gasteiger partial charge in [-0.3, -0.25) is 9.59 Å². The molecule has 2 aromatic rings. The Labute approximate surface area is 179 Å². The quantitative estimate of drug-likeness (QED) is 0.565. The van der Waals surface area contributed by atoms with Crippen LogP contribution in [0.15, 0.2) is 54.6 Å². The molecule has 29 heavy (non-hydrogen) atoms. The first kappa shape index (κ1) is 23.0. The Morgan fingerprint density at radius 3 is 2.24 bits per heavy atom. The van der Waals surface area contributed by atoms with Crippen molar-refractivity contribution in [1.82, 2.24) is 10.2 Å². The van der Waals surface area contributed by atoms with Gasteiger partial charge in [0.2, 0.25) is 11.8 Å². The molecule has 0 bridgehead atoms. The van der Waals surface area contributed by atoms with Gasteiger partial charge in [0, 0.05) is 30.5 Å².